The molecule has 1 saturated heterocycles. The summed E-state index contributed by atoms with van der Waals surface area (Å²) in [6.07, 6.45) is 3.64. The van der Waals surface area contributed by atoms with Gasteiger partial charge in [-0.15, -0.1) is 0 Å². The molecule has 0 spiro atoms. The molecular weight excluding hydrogens is 180 g/mol. The maximum atomic E-state index is 11.7. The fourth-order valence-electron chi connectivity index (χ4n) is 2.08. The highest BCUT2D eigenvalue weighted by Crippen LogP contribution is 2.41. The molecule has 2 rings (SSSR count). The molecular formula is C11H18O3. The number of ether oxygens (including phenoxy) is 2. The number of esters is 1. The summed E-state index contributed by atoms with van der Waals surface area (Å²) >= 11 is 0. The molecule has 3 nitrogen and oxygen atoms in total. The summed E-state index contributed by atoms with van der Waals surface area (Å²) in [5, 5.41) is 0. The van der Waals surface area contributed by atoms with Crippen LogP contribution in [0.5, 0.6) is 0 Å². The summed E-state index contributed by atoms with van der Waals surface area (Å²) in [6, 6.07) is 0. The van der Waals surface area contributed by atoms with Gasteiger partial charge in [-0.25, -0.2) is 0 Å². The predicted octanol–water partition coefficient (Wildman–Crippen LogP) is 1.90. The van der Waals surface area contributed by atoms with Crippen LogP contribution in [0.3, 0.4) is 0 Å². The fourth-order valence-corrected chi connectivity index (χ4v) is 2.08. The Bertz CT molecular complexity index is 241. The Morgan fingerprint density at radius 1 is 1.36 bits per heavy atom. The standard InChI is InChI=1S/C11H18O3/c1-11(2,3)14-10(12)7-5-4-6-8-9(7)13-8/h7-9H,4-6H2,1-3H3/t7-,8-,9+/m0/s1. The number of fused-ring (bicyclic) bond motifs is 1. The first kappa shape index (κ1) is 9.97. The highest BCUT2D eigenvalue weighted by atomic mass is 16.6. The van der Waals surface area contributed by atoms with E-state index in [1.807, 2.05) is 20.8 Å². The first-order valence-corrected chi connectivity index (χ1v) is 5.36. The van der Waals surface area contributed by atoms with Gasteiger partial charge in [-0.2, -0.15) is 0 Å². The van der Waals surface area contributed by atoms with Gasteiger partial charge in [0.2, 0.25) is 0 Å². The molecule has 14 heavy (non-hydrogen) atoms. The number of carbonyl (C=O) groups is 1. The minimum absolute atomic E-state index is 0.00650. The van der Waals surface area contributed by atoms with E-state index in [4.69, 9.17) is 9.47 Å². The maximum absolute atomic E-state index is 11.7. The lowest BCUT2D eigenvalue weighted by Gasteiger charge is -2.24. The number of hydrogen-bond donors (Lipinski definition) is 0. The molecule has 2 aliphatic rings. The highest BCUT2D eigenvalue weighted by molar-refractivity contribution is 5.74. The van der Waals surface area contributed by atoms with Gasteiger partial charge in [0.25, 0.3) is 0 Å². The van der Waals surface area contributed by atoms with Crippen molar-refractivity contribution in [1.82, 2.24) is 0 Å². The number of carbonyl (C=O) groups excluding carboxylic acids is 1. The second kappa shape index (κ2) is 3.23. The van der Waals surface area contributed by atoms with Crippen molar-refractivity contribution in [2.75, 3.05) is 0 Å². The van der Waals surface area contributed by atoms with Crippen molar-refractivity contribution in [2.24, 2.45) is 5.92 Å². The number of hydrogen-bond acceptors (Lipinski definition) is 3. The second-order valence-corrected chi connectivity index (χ2v) is 5.21. The molecule has 0 amide bonds. The Morgan fingerprint density at radius 2 is 2.07 bits per heavy atom. The van der Waals surface area contributed by atoms with Gasteiger partial charge in [-0.1, -0.05) is 0 Å². The van der Waals surface area contributed by atoms with E-state index >= 15 is 0 Å². The van der Waals surface area contributed by atoms with Crippen molar-refractivity contribution >= 4 is 5.97 Å². The quantitative estimate of drug-likeness (QED) is 0.477. The summed E-state index contributed by atoms with van der Waals surface area (Å²) < 4.78 is 10.8. The molecule has 2 fully saturated rings. The Hall–Kier alpha value is -0.570. The Morgan fingerprint density at radius 3 is 2.71 bits per heavy atom. The van der Waals surface area contributed by atoms with Crippen molar-refractivity contribution in [3.63, 3.8) is 0 Å². The van der Waals surface area contributed by atoms with Crippen LogP contribution in [0.15, 0.2) is 0 Å². The number of epoxide rings is 1. The molecule has 0 unspecified atom stereocenters. The molecule has 1 heterocycles. The van der Waals surface area contributed by atoms with E-state index in [2.05, 4.69) is 0 Å². The lowest BCUT2D eigenvalue weighted by atomic mass is 9.89. The zero-order valence-corrected chi connectivity index (χ0v) is 9.08. The Kier molecular flexibility index (Phi) is 2.30. The van der Waals surface area contributed by atoms with Crippen LogP contribution in [0, 0.1) is 5.92 Å². The van der Waals surface area contributed by atoms with Crippen LogP contribution in [-0.2, 0) is 14.3 Å². The molecule has 3 atom stereocenters. The molecule has 1 aliphatic carbocycles. The lowest BCUT2D eigenvalue weighted by molar-refractivity contribution is -0.161. The van der Waals surface area contributed by atoms with Crippen LogP contribution in [0.1, 0.15) is 40.0 Å². The van der Waals surface area contributed by atoms with Crippen LogP contribution in [0.4, 0.5) is 0 Å². The Labute approximate surface area is 84.8 Å². The first-order chi connectivity index (χ1) is 6.47. The molecule has 1 saturated carbocycles. The van der Waals surface area contributed by atoms with Gasteiger partial charge >= 0.3 is 5.97 Å². The van der Waals surface area contributed by atoms with E-state index in [0.717, 1.165) is 19.3 Å². The predicted molar refractivity (Wildman–Crippen MR) is 51.8 cm³/mol. The normalized spacial score (nSPS) is 36.1. The summed E-state index contributed by atoms with van der Waals surface area (Å²) in [6.45, 7) is 5.71. The summed E-state index contributed by atoms with van der Waals surface area (Å²) in [5.74, 6) is -0.0855. The summed E-state index contributed by atoms with van der Waals surface area (Å²) in [7, 11) is 0. The number of rotatable bonds is 1. The Balaban J connectivity index is 1.91. The van der Waals surface area contributed by atoms with E-state index < -0.39 is 0 Å². The fraction of sp³-hybridized carbons (Fsp3) is 0.909. The van der Waals surface area contributed by atoms with Crippen LogP contribution in [-0.4, -0.2) is 23.8 Å². The summed E-state index contributed by atoms with van der Waals surface area (Å²) in [4.78, 5) is 11.7. The van der Waals surface area contributed by atoms with Crippen molar-refractivity contribution < 1.29 is 14.3 Å². The largest absolute Gasteiger partial charge is 0.460 e. The van der Waals surface area contributed by atoms with Gasteiger partial charge in [-0.3, -0.25) is 4.79 Å². The smallest absolute Gasteiger partial charge is 0.312 e. The maximum Gasteiger partial charge on any atom is 0.312 e. The summed E-state index contributed by atoms with van der Waals surface area (Å²) in [5.41, 5.74) is -0.376. The van der Waals surface area contributed by atoms with Crippen LogP contribution in [0.2, 0.25) is 0 Å². The monoisotopic (exact) mass is 198 g/mol. The van der Waals surface area contributed by atoms with Gasteiger partial charge in [0.1, 0.15) is 5.60 Å². The van der Waals surface area contributed by atoms with Crippen LogP contribution >= 0.6 is 0 Å². The van der Waals surface area contributed by atoms with Gasteiger partial charge in [0.05, 0.1) is 18.1 Å². The third kappa shape index (κ3) is 2.08. The lowest BCUT2D eigenvalue weighted by Crippen LogP contribution is -2.33. The average Bonchev–Trinajstić information content (AvgIpc) is 2.77. The molecule has 80 valence electrons. The second-order valence-electron chi connectivity index (χ2n) is 5.21. The third-order valence-corrected chi connectivity index (χ3v) is 2.73. The van der Waals surface area contributed by atoms with E-state index in [9.17, 15) is 4.79 Å². The highest BCUT2D eigenvalue weighted by Gasteiger charge is 2.51. The SMILES string of the molecule is CC(C)(C)OC(=O)[C@H]1CCC[C@@H]2O[C@@H]21. The zero-order chi connectivity index (χ0) is 10.3. The minimum atomic E-state index is -0.376. The average molecular weight is 198 g/mol. The molecule has 0 aromatic heterocycles. The van der Waals surface area contributed by atoms with Crippen molar-refractivity contribution in [1.29, 1.82) is 0 Å². The van der Waals surface area contributed by atoms with E-state index in [1.54, 1.807) is 0 Å². The van der Waals surface area contributed by atoms with Gasteiger partial charge in [0.15, 0.2) is 0 Å². The van der Waals surface area contributed by atoms with E-state index in [1.165, 1.54) is 0 Å². The molecule has 0 radical (unpaired) electrons. The molecule has 0 bridgehead atoms. The van der Waals surface area contributed by atoms with Gasteiger partial charge in [-0.05, 0) is 40.0 Å². The third-order valence-electron chi connectivity index (χ3n) is 2.73. The van der Waals surface area contributed by atoms with Crippen molar-refractivity contribution in [2.45, 2.75) is 57.8 Å². The zero-order valence-electron chi connectivity index (χ0n) is 9.08. The van der Waals surface area contributed by atoms with E-state index in [0.29, 0.717) is 6.10 Å². The minimum Gasteiger partial charge on any atom is -0.460 e. The molecule has 0 aromatic rings. The molecule has 0 N–H and O–H groups in total. The molecule has 1 aliphatic heterocycles. The first-order valence-electron chi connectivity index (χ1n) is 5.36. The van der Waals surface area contributed by atoms with Crippen LogP contribution in [0.25, 0.3) is 0 Å². The molecule has 3 heteroatoms. The van der Waals surface area contributed by atoms with Gasteiger partial charge < -0.3 is 9.47 Å². The van der Waals surface area contributed by atoms with Crippen molar-refractivity contribution in [3.05, 3.63) is 0 Å². The van der Waals surface area contributed by atoms with Crippen molar-refractivity contribution in [3.8, 4) is 0 Å². The van der Waals surface area contributed by atoms with Crippen LogP contribution < -0.4 is 0 Å². The van der Waals surface area contributed by atoms with Gasteiger partial charge in [0, 0.05) is 0 Å². The molecule has 0 aromatic carbocycles. The van der Waals surface area contributed by atoms with E-state index in [-0.39, 0.29) is 23.6 Å². The topological polar surface area (TPSA) is 38.8 Å².